The quantitative estimate of drug-likeness (QED) is 0.645. The number of nitrogens with one attached hydrogen (secondary N) is 1. The van der Waals surface area contributed by atoms with Gasteiger partial charge in [0.05, 0.1) is 6.61 Å². The maximum absolute atomic E-state index is 5.64. The molecule has 0 aliphatic heterocycles. The van der Waals surface area contributed by atoms with E-state index < -0.39 is 0 Å². The van der Waals surface area contributed by atoms with Gasteiger partial charge >= 0.3 is 0 Å². The summed E-state index contributed by atoms with van der Waals surface area (Å²) in [6.07, 6.45) is 1.12. The molecule has 1 unspecified atom stereocenters. The summed E-state index contributed by atoms with van der Waals surface area (Å²) in [4.78, 5) is 2.19. The van der Waals surface area contributed by atoms with E-state index in [0.717, 1.165) is 32.7 Å². The fraction of sp³-hybridized carbons (Fsp3) is 1.00. The van der Waals surface area contributed by atoms with Gasteiger partial charge in [-0.05, 0) is 53.8 Å². The molecule has 0 spiro atoms. The zero-order valence-electron chi connectivity index (χ0n) is 12.0. The lowest BCUT2D eigenvalue weighted by Crippen LogP contribution is -2.39. The van der Waals surface area contributed by atoms with Crippen molar-refractivity contribution >= 4 is 0 Å². The monoisotopic (exact) mass is 230 g/mol. The maximum atomic E-state index is 5.64. The summed E-state index contributed by atoms with van der Waals surface area (Å²) >= 11 is 0. The highest BCUT2D eigenvalue weighted by atomic mass is 16.5. The van der Waals surface area contributed by atoms with Crippen LogP contribution in [-0.2, 0) is 4.74 Å². The average Bonchev–Trinajstić information content (AvgIpc) is 2.12. The number of hydrogen-bond donors (Lipinski definition) is 1. The summed E-state index contributed by atoms with van der Waals surface area (Å²) in [6, 6.07) is 0. The van der Waals surface area contributed by atoms with E-state index in [1.165, 1.54) is 0 Å². The van der Waals surface area contributed by atoms with Gasteiger partial charge in [-0.1, -0.05) is 6.92 Å². The van der Waals surface area contributed by atoms with Crippen molar-refractivity contribution in [1.82, 2.24) is 10.2 Å². The van der Waals surface area contributed by atoms with E-state index in [4.69, 9.17) is 4.74 Å². The van der Waals surface area contributed by atoms with Gasteiger partial charge in [0.2, 0.25) is 0 Å². The zero-order chi connectivity index (χ0) is 12.6. The number of hydrogen-bond acceptors (Lipinski definition) is 3. The second-order valence-corrected chi connectivity index (χ2v) is 5.97. The van der Waals surface area contributed by atoms with E-state index in [0.29, 0.717) is 5.92 Å². The molecule has 0 aromatic heterocycles. The highest BCUT2D eigenvalue weighted by Crippen LogP contribution is 2.02. The molecule has 0 aliphatic rings. The van der Waals surface area contributed by atoms with Crippen molar-refractivity contribution < 1.29 is 4.74 Å². The van der Waals surface area contributed by atoms with E-state index in [1.54, 1.807) is 0 Å². The van der Waals surface area contributed by atoms with Crippen LogP contribution in [0.25, 0.3) is 0 Å². The lowest BCUT2D eigenvalue weighted by molar-refractivity contribution is 0.0959. The van der Waals surface area contributed by atoms with Crippen molar-refractivity contribution in [2.24, 2.45) is 5.92 Å². The van der Waals surface area contributed by atoms with Gasteiger partial charge in [0.15, 0.2) is 0 Å². The molecule has 0 saturated carbocycles. The summed E-state index contributed by atoms with van der Waals surface area (Å²) in [6.45, 7) is 12.7. The minimum atomic E-state index is 0.208. The van der Waals surface area contributed by atoms with Gasteiger partial charge in [-0.15, -0.1) is 0 Å². The second kappa shape index (κ2) is 8.04. The Morgan fingerprint density at radius 1 is 1.25 bits per heavy atom. The van der Waals surface area contributed by atoms with Crippen LogP contribution in [-0.4, -0.2) is 50.8 Å². The Bertz CT molecular complexity index is 164. The average molecular weight is 230 g/mol. The first-order valence-corrected chi connectivity index (χ1v) is 6.29. The Kier molecular flexibility index (Phi) is 7.98. The molecule has 0 aromatic rings. The summed E-state index contributed by atoms with van der Waals surface area (Å²) in [5.74, 6) is 0.582. The predicted molar refractivity (Wildman–Crippen MR) is 70.9 cm³/mol. The Labute approximate surface area is 102 Å². The van der Waals surface area contributed by atoms with E-state index >= 15 is 0 Å². The zero-order valence-corrected chi connectivity index (χ0v) is 12.0. The van der Waals surface area contributed by atoms with Crippen molar-refractivity contribution in [3.8, 4) is 0 Å². The van der Waals surface area contributed by atoms with Crippen LogP contribution in [0.5, 0.6) is 0 Å². The number of nitrogens with zero attached hydrogens (tertiary/aromatic N) is 1. The van der Waals surface area contributed by atoms with Gasteiger partial charge in [0.1, 0.15) is 0 Å². The molecule has 0 saturated heterocycles. The molecule has 0 rings (SSSR count). The number of ether oxygens (including phenoxy) is 1. The van der Waals surface area contributed by atoms with E-state index in [1.807, 2.05) is 0 Å². The summed E-state index contributed by atoms with van der Waals surface area (Å²) < 4.78 is 5.64. The smallest absolute Gasteiger partial charge is 0.0503 e. The third-order valence-corrected chi connectivity index (χ3v) is 2.28. The molecule has 0 aliphatic carbocycles. The first-order chi connectivity index (χ1) is 7.31. The minimum Gasteiger partial charge on any atom is -0.381 e. The Morgan fingerprint density at radius 2 is 1.88 bits per heavy atom. The second-order valence-electron chi connectivity index (χ2n) is 5.97. The van der Waals surface area contributed by atoms with Crippen molar-refractivity contribution in [2.45, 2.75) is 39.7 Å². The highest BCUT2D eigenvalue weighted by molar-refractivity contribution is 4.71. The Morgan fingerprint density at radius 3 is 2.38 bits per heavy atom. The molecule has 3 nitrogen and oxygen atoms in total. The highest BCUT2D eigenvalue weighted by Gasteiger charge is 2.10. The number of rotatable bonds is 8. The largest absolute Gasteiger partial charge is 0.381 e. The fourth-order valence-corrected chi connectivity index (χ4v) is 1.31. The molecular weight excluding hydrogens is 200 g/mol. The van der Waals surface area contributed by atoms with Crippen LogP contribution in [0.3, 0.4) is 0 Å². The molecule has 3 heteroatoms. The van der Waals surface area contributed by atoms with Gasteiger partial charge < -0.3 is 15.0 Å². The van der Waals surface area contributed by atoms with Crippen LogP contribution in [0.2, 0.25) is 0 Å². The lowest BCUT2D eigenvalue weighted by atomic mass is 10.1. The van der Waals surface area contributed by atoms with Gasteiger partial charge in [-0.2, -0.15) is 0 Å². The van der Waals surface area contributed by atoms with Crippen LogP contribution in [0.4, 0.5) is 0 Å². The molecule has 0 bridgehead atoms. The lowest BCUT2D eigenvalue weighted by Gasteiger charge is -2.23. The Balaban J connectivity index is 3.34. The van der Waals surface area contributed by atoms with Crippen LogP contribution < -0.4 is 5.32 Å². The molecule has 0 fully saturated rings. The fourth-order valence-electron chi connectivity index (χ4n) is 1.31. The molecule has 1 N–H and O–H groups in total. The van der Waals surface area contributed by atoms with E-state index in [9.17, 15) is 0 Å². The maximum Gasteiger partial charge on any atom is 0.0503 e. The molecule has 0 amide bonds. The Hall–Kier alpha value is -0.120. The topological polar surface area (TPSA) is 24.5 Å². The first-order valence-electron chi connectivity index (χ1n) is 6.29. The molecular formula is C13H30N2O. The SMILES string of the molecule is CC(CNC(C)(C)C)COCCCN(C)C. The summed E-state index contributed by atoms with van der Waals surface area (Å²) in [5.41, 5.74) is 0.208. The van der Waals surface area contributed by atoms with Crippen molar-refractivity contribution in [1.29, 1.82) is 0 Å². The third kappa shape index (κ3) is 12.0. The minimum absolute atomic E-state index is 0.208. The van der Waals surface area contributed by atoms with Crippen molar-refractivity contribution in [3.05, 3.63) is 0 Å². The predicted octanol–water partition coefficient (Wildman–Crippen LogP) is 1.98. The van der Waals surface area contributed by atoms with Crippen molar-refractivity contribution in [2.75, 3.05) is 40.4 Å². The summed E-state index contributed by atoms with van der Waals surface area (Å²) in [7, 11) is 4.19. The van der Waals surface area contributed by atoms with E-state index in [-0.39, 0.29) is 5.54 Å². The van der Waals surface area contributed by atoms with Gasteiger partial charge in [-0.3, -0.25) is 0 Å². The van der Waals surface area contributed by atoms with Crippen LogP contribution in [0.15, 0.2) is 0 Å². The van der Waals surface area contributed by atoms with Crippen LogP contribution in [0, 0.1) is 5.92 Å². The molecule has 1 atom stereocenters. The van der Waals surface area contributed by atoms with Gasteiger partial charge in [0, 0.05) is 18.7 Å². The molecule has 0 heterocycles. The van der Waals surface area contributed by atoms with Crippen LogP contribution in [0.1, 0.15) is 34.1 Å². The third-order valence-electron chi connectivity index (χ3n) is 2.28. The molecule has 16 heavy (non-hydrogen) atoms. The summed E-state index contributed by atoms with van der Waals surface area (Å²) in [5, 5.41) is 3.49. The molecule has 98 valence electrons. The van der Waals surface area contributed by atoms with E-state index in [2.05, 4.69) is 52.0 Å². The normalized spacial score (nSPS) is 14.4. The first kappa shape index (κ1) is 15.9. The van der Waals surface area contributed by atoms with Gasteiger partial charge in [0.25, 0.3) is 0 Å². The molecule has 0 aromatic carbocycles. The van der Waals surface area contributed by atoms with Crippen molar-refractivity contribution in [3.63, 3.8) is 0 Å². The molecule has 0 radical (unpaired) electrons. The van der Waals surface area contributed by atoms with Gasteiger partial charge in [-0.25, -0.2) is 0 Å². The standard InChI is InChI=1S/C13H30N2O/c1-12(10-14-13(2,3)4)11-16-9-7-8-15(5)6/h12,14H,7-11H2,1-6H3. The van der Waals surface area contributed by atoms with Crippen LogP contribution >= 0.6 is 0 Å².